The lowest BCUT2D eigenvalue weighted by Gasteiger charge is -2.06. The first-order valence-electron chi connectivity index (χ1n) is 5.86. The maximum atomic E-state index is 10.3. The molecular weight excluding hydrogens is 286 g/mol. The van der Waals surface area contributed by atoms with Crippen LogP contribution in [0.15, 0.2) is 29.6 Å². The molecule has 0 saturated carbocycles. The summed E-state index contributed by atoms with van der Waals surface area (Å²) in [5.41, 5.74) is 0.898. The third-order valence-electron chi connectivity index (χ3n) is 2.42. The van der Waals surface area contributed by atoms with E-state index in [0.29, 0.717) is 16.6 Å². The maximum absolute atomic E-state index is 10.3. The van der Waals surface area contributed by atoms with E-state index in [1.807, 2.05) is 6.07 Å². The molecule has 0 aliphatic heterocycles. The number of aromatic nitrogens is 1. The van der Waals surface area contributed by atoms with E-state index >= 15 is 0 Å². The minimum atomic E-state index is -0.452. The van der Waals surface area contributed by atoms with Crippen molar-refractivity contribution < 1.29 is 4.92 Å². The van der Waals surface area contributed by atoms with Gasteiger partial charge in [-0.15, -0.1) is 11.8 Å². The summed E-state index contributed by atoms with van der Waals surface area (Å²) >= 11 is 7.33. The van der Waals surface area contributed by atoms with Crippen LogP contribution >= 0.6 is 23.4 Å². The summed E-state index contributed by atoms with van der Waals surface area (Å²) < 4.78 is 0. The maximum Gasteiger partial charge on any atom is 0.263 e. The Morgan fingerprint density at radius 3 is 3.05 bits per heavy atom. The van der Waals surface area contributed by atoms with Gasteiger partial charge in [0.05, 0.1) is 15.6 Å². The van der Waals surface area contributed by atoms with Crippen LogP contribution in [0.1, 0.15) is 18.5 Å². The molecule has 0 aromatic carbocycles. The van der Waals surface area contributed by atoms with Gasteiger partial charge in [0, 0.05) is 12.7 Å². The van der Waals surface area contributed by atoms with Gasteiger partial charge in [-0.25, -0.2) is 0 Å². The topological polar surface area (TPSA) is 68.1 Å². The quantitative estimate of drug-likeness (QED) is 0.454. The minimum absolute atomic E-state index is 0.452. The number of nitro groups is 1. The summed E-state index contributed by atoms with van der Waals surface area (Å²) in [7, 11) is 0. The summed E-state index contributed by atoms with van der Waals surface area (Å²) in [6.45, 7) is 0.699. The molecule has 1 aromatic rings. The molecule has 1 heterocycles. The molecule has 1 N–H and O–H groups in total. The minimum Gasteiger partial charge on any atom is -0.375 e. The third kappa shape index (κ3) is 6.45. The van der Waals surface area contributed by atoms with Gasteiger partial charge in [-0.2, -0.15) is 0 Å². The summed E-state index contributed by atoms with van der Waals surface area (Å²) in [4.78, 5) is 14.1. The zero-order valence-corrected chi connectivity index (χ0v) is 12.2. The highest BCUT2D eigenvalue weighted by Gasteiger charge is 2.02. The Bertz CT molecular complexity index is 454. The molecule has 0 fully saturated rings. The molecule has 0 bridgehead atoms. The second-order valence-electron chi connectivity index (χ2n) is 3.80. The van der Waals surface area contributed by atoms with E-state index in [4.69, 9.17) is 11.6 Å². The average Bonchev–Trinajstić information content (AvgIpc) is 2.38. The highest BCUT2D eigenvalue weighted by atomic mass is 35.5. The summed E-state index contributed by atoms with van der Waals surface area (Å²) in [6.07, 6.45) is 7.17. The Labute approximate surface area is 121 Å². The van der Waals surface area contributed by atoms with Crippen molar-refractivity contribution in [2.24, 2.45) is 0 Å². The lowest BCUT2D eigenvalue weighted by Crippen LogP contribution is -2.14. The first-order valence-corrected chi connectivity index (χ1v) is 7.46. The number of aryl methyl sites for hydroxylation is 1. The number of nitrogens with one attached hydrogen (secondary N) is 1. The van der Waals surface area contributed by atoms with Crippen LogP contribution in [0.5, 0.6) is 0 Å². The van der Waals surface area contributed by atoms with Gasteiger partial charge in [0.15, 0.2) is 0 Å². The van der Waals surface area contributed by atoms with Crippen molar-refractivity contribution >= 4 is 23.4 Å². The number of nitrogens with zero attached hydrogens (tertiary/aromatic N) is 2. The van der Waals surface area contributed by atoms with Gasteiger partial charge in [0.2, 0.25) is 0 Å². The van der Waals surface area contributed by atoms with Gasteiger partial charge in [-0.3, -0.25) is 15.1 Å². The first kappa shape index (κ1) is 15.8. The van der Waals surface area contributed by atoms with E-state index in [-0.39, 0.29) is 0 Å². The molecule has 104 valence electrons. The molecule has 1 aromatic heterocycles. The molecule has 0 unspecified atom stereocenters. The van der Waals surface area contributed by atoms with Crippen molar-refractivity contribution in [3.63, 3.8) is 0 Å². The molecular formula is C12H16ClN3O2S. The van der Waals surface area contributed by atoms with Crippen molar-refractivity contribution in [1.29, 1.82) is 0 Å². The zero-order valence-electron chi connectivity index (χ0n) is 10.6. The smallest absolute Gasteiger partial charge is 0.263 e. The van der Waals surface area contributed by atoms with Crippen molar-refractivity contribution in [2.45, 2.75) is 19.3 Å². The summed E-state index contributed by atoms with van der Waals surface area (Å²) in [6, 6.07) is 3.63. The van der Waals surface area contributed by atoms with Gasteiger partial charge in [-0.1, -0.05) is 11.6 Å². The second kappa shape index (κ2) is 8.77. The predicted molar refractivity (Wildman–Crippen MR) is 78.8 cm³/mol. The van der Waals surface area contributed by atoms with Gasteiger partial charge in [-0.05, 0) is 37.7 Å². The van der Waals surface area contributed by atoms with Crippen molar-refractivity contribution in [3.05, 3.63) is 50.4 Å². The number of hydrogen-bond acceptors (Lipinski definition) is 5. The molecule has 0 saturated heterocycles. The fraction of sp³-hybridized carbons (Fsp3) is 0.417. The Morgan fingerprint density at radius 2 is 2.42 bits per heavy atom. The summed E-state index contributed by atoms with van der Waals surface area (Å²) in [5.74, 6) is 0. The van der Waals surface area contributed by atoms with E-state index < -0.39 is 4.92 Å². The second-order valence-corrected chi connectivity index (χ2v) is 5.05. The number of hydrogen-bond donors (Lipinski definition) is 1. The molecule has 0 radical (unpaired) electrons. The molecule has 7 heteroatoms. The Morgan fingerprint density at radius 1 is 1.63 bits per heavy atom. The van der Waals surface area contributed by atoms with Crippen LogP contribution in [-0.2, 0) is 6.42 Å². The van der Waals surface area contributed by atoms with Crippen molar-refractivity contribution in [3.8, 4) is 0 Å². The van der Waals surface area contributed by atoms with Crippen molar-refractivity contribution in [2.75, 3.05) is 12.8 Å². The first-order chi connectivity index (χ1) is 9.13. The molecule has 19 heavy (non-hydrogen) atoms. The van der Waals surface area contributed by atoms with E-state index in [9.17, 15) is 10.1 Å². The Balaban J connectivity index is 2.25. The van der Waals surface area contributed by atoms with Crippen LogP contribution in [0.2, 0.25) is 5.02 Å². The van der Waals surface area contributed by atoms with Crippen LogP contribution in [-0.4, -0.2) is 22.7 Å². The van der Waals surface area contributed by atoms with Crippen LogP contribution in [0, 0.1) is 10.1 Å². The lowest BCUT2D eigenvalue weighted by molar-refractivity contribution is -0.403. The molecule has 0 aliphatic rings. The average molecular weight is 302 g/mol. The number of pyridine rings is 1. The van der Waals surface area contributed by atoms with Crippen molar-refractivity contribution in [1.82, 2.24) is 10.3 Å². The molecule has 0 atom stereocenters. The number of rotatable bonds is 8. The van der Waals surface area contributed by atoms with Gasteiger partial charge in [0.25, 0.3) is 6.20 Å². The molecule has 0 amide bonds. The van der Waals surface area contributed by atoms with Crippen LogP contribution in [0.3, 0.4) is 0 Å². The van der Waals surface area contributed by atoms with Gasteiger partial charge >= 0.3 is 0 Å². The van der Waals surface area contributed by atoms with Gasteiger partial charge < -0.3 is 5.32 Å². The molecule has 1 rings (SSSR count). The Kier molecular flexibility index (Phi) is 7.28. The van der Waals surface area contributed by atoms with E-state index in [2.05, 4.69) is 10.3 Å². The van der Waals surface area contributed by atoms with Gasteiger partial charge in [0.1, 0.15) is 5.03 Å². The van der Waals surface area contributed by atoms with Crippen LogP contribution < -0.4 is 5.32 Å². The number of halogens is 1. The fourth-order valence-corrected chi connectivity index (χ4v) is 2.15. The molecule has 5 nitrogen and oxygen atoms in total. The molecule has 0 aliphatic carbocycles. The van der Waals surface area contributed by atoms with E-state index in [1.165, 1.54) is 11.8 Å². The highest BCUT2D eigenvalue weighted by molar-refractivity contribution is 8.02. The monoisotopic (exact) mass is 301 g/mol. The van der Waals surface area contributed by atoms with E-state index in [1.54, 1.807) is 18.5 Å². The summed E-state index contributed by atoms with van der Waals surface area (Å²) in [5, 5.41) is 14.6. The lowest BCUT2D eigenvalue weighted by atomic mass is 10.2. The van der Waals surface area contributed by atoms with Crippen LogP contribution in [0.25, 0.3) is 0 Å². The number of unbranched alkanes of at least 4 members (excludes halogenated alkanes) is 1. The SMILES string of the molecule is CSC(=C[N+](=O)[O-])NCCCCc1ncccc1Cl. The van der Waals surface area contributed by atoms with Crippen LogP contribution in [0.4, 0.5) is 0 Å². The predicted octanol–water partition coefficient (Wildman–Crippen LogP) is 3.09. The zero-order chi connectivity index (χ0) is 14.1. The Hall–Kier alpha value is -1.27. The number of thioether (sulfide) groups is 1. The highest BCUT2D eigenvalue weighted by Crippen LogP contribution is 2.14. The normalized spacial score (nSPS) is 11.4. The standard InChI is InChI=1S/C12H16ClN3O2S/c1-19-12(9-16(17)18)15-7-3-2-6-11-10(13)5-4-8-14-11/h4-5,8-9,15H,2-3,6-7H2,1H3. The fourth-order valence-electron chi connectivity index (χ4n) is 1.50. The largest absolute Gasteiger partial charge is 0.375 e. The third-order valence-corrected chi connectivity index (χ3v) is 3.45. The van der Waals surface area contributed by atoms with E-state index in [0.717, 1.165) is 31.2 Å². The molecule has 0 spiro atoms.